The van der Waals surface area contributed by atoms with Crippen molar-refractivity contribution >= 4 is 32.3 Å². The molecule has 0 amide bonds. The fraction of sp³-hybridized carbons (Fsp3) is 0. The summed E-state index contributed by atoms with van der Waals surface area (Å²) < 4.78 is 1.05. The molecule has 2 aromatic carbocycles. The number of nitrogens with two attached hydrogens (primary N) is 1. The molecule has 0 radical (unpaired) electrons. The fourth-order valence-electron chi connectivity index (χ4n) is 1.85. The molecule has 0 saturated heterocycles. The number of halogens is 1. The molecule has 0 atom stereocenters. The van der Waals surface area contributed by atoms with Crippen LogP contribution in [0.25, 0.3) is 21.8 Å². The van der Waals surface area contributed by atoms with Gasteiger partial charge < -0.3 is 5.73 Å². The first-order valence-electron chi connectivity index (χ1n) is 5.82. The van der Waals surface area contributed by atoms with Gasteiger partial charge in [-0.25, -0.2) is 4.98 Å². The number of hydrogen-bond donors (Lipinski definition) is 1. The van der Waals surface area contributed by atoms with Gasteiger partial charge in [-0.3, -0.25) is 0 Å². The van der Waals surface area contributed by atoms with Gasteiger partial charge in [0.25, 0.3) is 0 Å². The largest absolute Gasteiger partial charge is 0.389 e. The molecule has 0 aliphatic rings. The summed E-state index contributed by atoms with van der Waals surface area (Å²) in [4.78, 5) is 4.66. The lowest BCUT2D eigenvalue weighted by molar-refractivity contribution is 1.40. The number of nitrogens with zero attached hydrogens (tertiary/aromatic N) is 1. The molecule has 0 aliphatic heterocycles. The van der Waals surface area contributed by atoms with Gasteiger partial charge in [-0.15, -0.1) is 0 Å². The third-order valence-corrected chi connectivity index (χ3v) is 4.25. The van der Waals surface area contributed by atoms with Crippen molar-refractivity contribution in [2.75, 3.05) is 5.73 Å². The van der Waals surface area contributed by atoms with Crippen molar-refractivity contribution in [1.82, 2.24) is 4.98 Å². The Morgan fingerprint density at radius 1 is 0.895 bits per heavy atom. The minimum absolute atomic E-state index is 0.751. The third kappa shape index (κ3) is 2.55. The first kappa shape index (κ1) is 12.4. The van der Waals surface area contributed by atoms with Crippen LogP contribution in [0.15, 0.2) is 59.1 Å². The van der Waals surface area contributed by atoms with Gasteiger partial charge in [0.05, 0.1) is 0 Å². The normalized spacial score (nSPS) is 10.6. The molecule has 0 saturated carbocycles. The van der Waals surface area contributed by atoms with E-state index >= 15 is 0 Å². The molecular formula is C15H11BrN2S. The standard InChI is InChI=1S/C15H11BrN2S/c16-12-8-6-10(7-9-12)13-14(17)19-15(18-13)11-4-2-1-3-5-11/h1-9H,17H2. The van der Waals surface area contributed by atoms with Crippen LogP contribution in [0.1, 0.15) is 0 Å². The molecule has 4 heteroatoms. The number of nitrogen functional groups attached to an aromatic ring is 1. The zero-order valence-corrected chi connectivity index (χ0v) is 12.4. The van der Waals surface area contributed by atoms with E-state index in [-0.39, 0.29) is 0 Å². The molecule has 1 heterocycles. The second kappa shape index (κ2) is 5.15. The van der Waals surface area contributed by atoms with Crippen molar-refractivity contribution in [1.29, 1.82) is 0 Å². The summed E-state index contributed by atoms with van der Waals surface area (Å²) in [5, 5.41) is 1.71. The van der Waals surface area contributed by atoms with Gasteiger partial charge in [0.1, 0.15) is 15.7 Å². The van der Waals surface area contributed by atoms with E-state index in [1.165, 1.54) is 11.3 Å². The smallest absolute Gasteiger partial charge is 0.126 e. The second-order valence-electron chi connectivity index (χ2n) is 4.10. The SMILES string of the molecule is Nc1sc(-c2ccccc2)nc1-c1ccc(Br)cc1. The van der Waals surface area contributed by atoms with E-state index in [9.17, 15) is 0 Å². The number of hydrogen-bond acceptors (Lipinski definition) is 3. The highest BCUT2D eigenvalue weighted by Crippen LogP contribution is 2.35. The maximum atomic E-state index is 6.09. The molecule has 3 rings (SSSR count). The lowest BCUT2D eigenvalue weighted by Crippen LogP contribution is -1.85. The minimum Gasteiger partial charge on any atom is -0.389 e. The quantitative estimate of drug-likeness (QED) is 0.731. The van der Waals surface area contributed by atoms with Crippen LogP contribution >= 0.6 is 27.3 Å². The summed E-state index contributed by atoms with van der Waals surface area (Å²) >= 11 is 4.95. The number of aromatic nitrogens is 1. The van der Waals surface area contributed by atoms with Crippen LogP contribution in [-0.2, 0) is 0 Å². The highest BCUT2D eigenvalue weighted by atomic mass is 79.9. The van der Waals surface area contributed by atoms with Gasteiger partial charge in [0.2, 0.25) is 0 Å². The molecule has 0 bridgehead atoms. The van der Waals surface area contributed by atoms with Crippen LogP contribution < -0.4 is 5.73 Å². The first-order chi connectivity index (χ1) is 9.24. The van der Waals surface area contributed by atoms with Gasteiger partial charge in [0.15, 0.2) is 0 Å². The van der Waals surface area contributed by atoms with E-state index in [0.29, 0.717) is 0 Å². The average molecular weight is 331 g/mol. The van der Waals surface area contributed by atoms with Crippen LogP contribution in [0, 0.1) is 0 Å². The Balaban J connectivity index is 2.05. The Hall–Kier alpha value is -1.65. The fourth-order valence-corrected chi connectivity index (χ4v) is 2.97. The highest BCUT2D eigenvalue weighted by Gasteiger charge is 2.11. The predicted molar refractivity (Wildman–Crippen MR) is 85.1 cm³/mol. The predicted octanol–water partition coefficient (Wildman–Crippen LogP) is 4.82. The van der Waals surface area contributed by atoms with Crippen molar-refractivity contribution < 1.29 is 0 Å². The Kier molecular flexibility index (Phi) is 3.36. The maximum Gasteiger partial charge on any atom is 0.126 e. The van der Waals surface area contributed by atoms with Crippen LogP contribution in [0.4, 0.5) is 5.00 Å². The van der Waals surface area contributed by atoms with E-state index in [1.54, 1.807) is 0 Å². The van der Waals surface area contributed by atoms with E-state index in [2.05, 4.69) is 20.9 Å². The van der Waals surface area contributed by atoms with Crippen LogP contribution in [0.2, 0.25) is 0 Å². The zero-order chi connectivity index (χ0) is 13.2. The number of benzene rings is 2. The van der Waals surface area contributed by atoms with E-state index < -0.39 is 0 Å². The van der Waals surface area contributed by atoms with Crippen LogP contribution in [0.3, 0.4) is 0 Å². The van der Waals surface area contributed by atoms with Gasteiger partial charge in [-0.05, 0) is 12.1 Å². The Bertz CT molecular complexity index is 690. The number of thiazole rings is 1. The summed E-state index contributed by atoms with van der Waals surface area (Å²) in [5.41, 5.74) is 9.09. The van der Waals surface area contributed by atoms with Gasteiger partial charge in [-0.2, -0.15) is 0 Å². The van der Waals surface area contributed by atoms with Crippen molar-refractivity contribution in [3.63, 3.8) is 0 Å². The summed E-state index contributed by atoms with van der Waals surface area (Å²) in [6, 6.07) is 18.1. The molecule has 2 N–H and O–H groups in total. The average Bonchev–Trinajstić information content (AvgIpc) is 2.83. The highest BCUT2D eigenvalue weighted by molar-refractivity contribution is 9.10. The minimum atomic E-state index is 0.751. The van der Waals surface area contributed by atoms with Crippen LogP contribution in [0.5, 0.6) is 0 Å². The Labute approximate surface area is 124 Å². The molecule has 2 nitrogen and oxygen atoms in total. The molecule has 0 aliphatic carbocycles. The van der Waals surface area contributed by atoms with Crippen molar-refractivity contribution in [2.45, 2.75) is 0 Å². The molecule has 94 valence electrons. The first-order valence-corrected chi connectivity index (χ1v) is 7.42. The molecule has 0 unspecified atom stereocenters. The van der Waals surface area contributed by atoms with Gasteiger partial charge >= 0.3 is 0 Å². The summed E-state index contributed by atoms with van der Waals surface area (Å²) in [7, 11) is 0. The molecular weight excluding hydrogens is 320 g/mol. The van der Waals surface area contributed by atoms with E-state index in [0.717, 1.165) is 31.3 Å². The lowest BCUT2D eigenvalue weighted by Gasteiger charge is -1.98. The number of rotatable bonds is 2. The van der Waals surface area contributed by atoms with Gasteiger partial charge in [0, 0.05) is 15.6 Å². The van der Waals surface area contributed by atoms with E-state index in [4.69, 9.17) is 5.73 Å². The second-order valence-corrected chi connectivity index (χ2v) is 6.05. The Morgan fingerprint density at radius 2 is 1.58 bits per heavy atom. The zero-order valence-electron chi connectivity index (χ0n) is 10.0. The number of anilines is 1. The monoisotopic (exact) mass is 330 g/mol. The van der Waals surface area contributed by atoms with E-state index in [1.807, 2.05) is 54.6 Å². The van der Waals surface area contributed by atoms with Gasteiger partial charge in [-0.1, -0.05) is 69.7 Å². The molecule has 0 spiro atoms. The molecule has 3 aromatic rings. The third-order valence-electron chi connectivity index (χ3n) is 2.79. The molecule has 1 aromatic heterocycles. The van der Waals surface area contributed by atoms with Crippen molar-refractivity contribution in [2.24, 2.45) is 0 Å². The van der Waals surface area contributed by atoms with Crippen LogP contribution in [-0.4, -0.2) is 4.98 Å². The summed E-state index contributed by atoms with van der Waals surface area (Å²) in [6.07, 6.45) is 0. The summed E-state index contributed by atoms with van der Waals surface area (Å²) in [5.74, 6) is 0. The molecule has 0 fully saturated rings. The lowest BCUT2D eigenvalue weighted by atomic mass is 10.1. The van der Waals surface area contributed by atoms with Crippen molar-refractivity contribution in [3.05, 3.63) is 59.1 Å². The molecule has 19 heavy (non-hydrogen) atoms. The summed E-state index contributed by atoms with van der Waals surface area (Å²) in [6.45, 7) is 0. The Morgan fingerprint density at radius 3 is 2.26 bits per heavy atom. The topological polar surface area (TPSA) is 38.9 Å². The van der Waals surface area contributed by atoms with Crippen molar-refractivity contribution in [3.8, 4) is 21.8 Å². The maximum absolute atomic E-state index is 6.09.